The van der Waals surface area contributed by atoms with Gasteiger partial charge in [-0.05, 0) is 25.1 Å². The molecule has 0 aliphatic carbocycles. The van der Waals surface area contributed by atoms with Gasteiger partial charge in [-0.2, -0.15) is 0 Å². The van der Waals surface area contributed by atoms with Crippen molar-refractivity contribution >= 4 is 0 Å². The van der Waals surface area contributed by atoms with Crippen molar-refractivity contribution in [1.29, 1.82) is 0 Å². The van der Waals surface area contributed by atoms with Crippen LogP contribution in [0.4, 0.5) is 0 Å². The van der Waals surface area contributed by atoms with Gasteiger partial charge in [-0.3, -0.25) is 0 Å². The molecule has 2 heteroatoms. The minimum Gasteiger partial charge on any atom is -0.464 e. The Morgan fingerprint density at radius 3 is 2.91 bits per heavy atom. The fraction of sp³-hybridized carbons (Fsp3) is 0.556. The standard InChI is InChI=1S/C9H13NO/c1-2-7-3-4-9(11-7)8-5-6-10-8/h3-4,8,10H,2,5-6H2,1H3/t8-/m1/s1. The molecule has 0 unspecified atom stereocenters. The second kappa shape index (κ2) is 2.70. The maximum atomic E-state index is 5.57. The Bertz CT molecular complexity index is 237. The van der Waals surface area contributed by atoms with Crippen molar-refractivity contribution in [3.8, 4) is 0 Å². The molecule has 1 aliphatic heterocycles. The van der Waals surface area contributed by atoms with Crippen LogP contribution in [-0.4, -0.2) is 6.54 Å². The average molecular weight is 151 g/mol. The Morgan fingerprint density at radius 2 is 2.45 bits per heavy atom. The maximum Gasteiger partial charge on any atom is 0.121 e. The lowest BCUT2D eigenvalue weighted by Crippen LogP contribution is -2.34. The van der Waals surface area contributed by atoms with Crippen LogP contribution < -0.4 is 5.32 Å². The smallest absolute Gasteiger partial charge is 0.121 e. The van der Waals surface area contributed by atoms with Crippen LogP contribution >= 0.6 is 0 Å². The summed E-state index contributed by atoms with van der Waals surface area (Å²) in [6.07, 6.45) is 2.21. The monoisotopic (exact) mass is 151 g/mol. The molecule has 0 radical (unpaired) electrons. The van der Waals surface area contributed by atoms with Crippen LogP contribution in [-0.2, 0) is 6.42 Å². The Balaban J connectivity index is 2.11. The lowest BCUT2D eigenvalue weighted by molar-refractivity contribution is 0.311. The highest BCUT2D eigenvalue weighted by atomic mass is 16.3. The van der Waals surface area contributed by atoms with Crippen LogP contribution in [0.25, 0.3) is 0 Å². The molecule has 0 spiro atoms. The lowest BCUT2D eigenvalue weighted by Gasteiger charge is -2.25. The second-order valence-corrected chi connectivity index (χ2v) is 2.95. The van der Waals surface area contributed by atoms with Crippen LogP contribution in [0, 0.1) is 0 Å². The summed E-state index contributed by atoms with van der Waals surface area (Å²) in [7, 11) is 0. The summed E-state index contributed by atoms with van der Waals surface area (Å²) >= 11 is 0. The van der Waals surface area contributed by atoms with Gasteiger partial charge >= 0.3 is 0 Å². The van der Waals surface area contributed by atoms with Crippen molar-refractivity contribution in [2.75, 3.05) is 6.54 Å². The molecule has 2 rings (SSSR count). The van der Waals surface area contributed by atoms with Gasteiger partial charge in [0, 0.05) is 6.42 Å². The summed E-state index contributed by atoms with van der Waals surface area (Å²) in [6.45, 7) is 3.24. The fourth-order valence-corrected chi connectivity index (χ4v) is 1.30. The van der Waals surface area contributed by atoms with E-state index in [0.29, 0.717) is 6.04 Å². The van der Waals surface area contributed by atoms with Gasteiger partial charge in [-0.25, -0.2) is 0 Å². The molecule has 2 nitrogen and oxygen atoms in total. The van der Waals surface area contributed by atoms with Crippen LogP contribution in [0.5, 0.6) is 0 Å². The van der Waals surface area contributed by atoms with Crippen LogP contribution in [0.1, 0.15) is 30.9 Å². The molecule has 1 N–H and O–H groups in total. The van der Waals surface area contributed by atoms with Gasteiger partial charge in [0.15, 0.2) is 0 Å². The van der Waals surface area contributed by atoms with E-state index in [1.165, 1.54) is 6.42 Å². The number of furan rings is 1. The SMILES string of the molecule is CCc1ccc([C@H]2CCN2)o1. The van der Waals surface area contributed by atoms with Crippen LogP contribution in [0.15, 0.2) is 16.5 Å². The molecule has 0 aromatic carbocycles. The minimum atomic E-state index is 0.496. The zero-order valence-electron chi connectivity index (χ0n) is 6.76. The van der Waals surface area contributed by atoms with Gasteiger partial charge in [-0.15, -0.1) is 0 Å². The summed E-state index contributed by atoms with van der Waals surface area (Å²) in [6, 6.07) is 4.64. The first-order chi connectivity index (χ1) is 5.40. The highest BCUT2D eigenvalue weighted by Gasteiger charge is 2.21. The summed E-state index contributed by atoms with van der Waals surface area (Å²) in [5, 5.41) is 3.31. The number of hydrogen-bond acceptors (Lipinski definition) is 2. The molecule has 1 aromatic rings. The van der Waals surface area contributed by atoms with E-state index in [-0.39, 0.29) is 0 Å². The summed E-state index contributed by atoms with van der Waals surface area (Å²) in [5.41, 5.74) is 0. The molecular formula is C9H13NO. The topological polar surface area (TPSA) is 25.2 Å². The number of nitrogens with one attached hydrogen (secondary N) is 1. The molecule has 1 aromatic heterocycles. The Kier molecular flexibility index (Phi) is 1.70. The largest absolute Gasteiger partial charge is 0.464 e. The van der Waals surface area contributed by atoms with Crippen molar-refractivity contribution < 1.29 is 4.42 Å². The van der Waals surface area contributed by atoms with Crippen molar-refractivity contribution in [1.82, 2.24) is 5.32 Å². The second-order valence-electron chi connectivity index (χ2n) is 2.95. The molecule has 1 fully saturated rings. The van der Waals surface area contributed by atoms with Crippen molar-refractivity contribution in [2.24, 2.45) is 0 Å². The highest BCUT2D eigenvalue weighted by molar-refractivity contribution is 5.12. The zero-order chi connectivity index (χ0) is 7.68. The van der Waals surface area contributed by atoms with E-state index in [2.05, 4.69) is 24.4 Å². The zero-order valence-corrected chi connectivity index (χ0v) is 6.76. The van der Waals surface area contributed by atoms with Crippen LogP contribution in [0.3, 0.4) is 0 Å². The molecule has 1 atom stereocenters. The van der Waals surface area contributed by atoms with E-state index in [1.807, 2.05) is 0 Å². The molecule has 1 saturated heterocycles. The van der Waals surface area contributed by atoms with Gasteiger partial charge < -0.3 is 9.73 Å². The first-order valence-electron chi connectivity index (χ1n) is 4.22. The minimum absolute atomic E-state index is 0.496. The molecule has 11 heavy (non-hydrogen) atoms. The number of rotatable bonds is 2. The van der Waals surface area contributed by atoms with E-state index in [0.717, 1.165) is 24.5 Å². The van der Waals surface area contributed by atoms with Crippen molar-refractivity contribution in [2.45, 2.75) is 25.8 Å². The number of aryl methyl sites for hydroxylation is 1. The van der Waals surface area contributed by atoms with E-state index in [9.17, 15) is 0 Å². The van der Waals surface area contributed by atoms with E-state index >= 15 is 0 Å². The van der Waals surface area contributed by atoms with Gasteiger partial charge in [0.25, 0.3) is 0 Å². The Morgan fingerprint density at radius 1 is 1.64 bits per heavy atom. The van der Waals surface area contributed by atoms with Crippen molar-refractivity contribution in [3.63, 3.8) is 0 Å². The quantitative estimate of drug-likeness (QED) is 0.698. The number of hydrogen-bond donors (Lipinski definition) is 1. The normalized spacial score (nSPS) is 23.2. The van der Waals surface area contributed by atoms with Gasteiger partial charge in [0.1, 0.15) is 11.5 Å². The van der Waals surface area contributed by atoms with Gasteiger partial charge in [0.2, 0.25) is 0 Å². The predicted molar refractivity (Wildman–Crippen MR) is 43.4 cm³/mol. The fourth-order valence-electron chi connectivity index (χ4n) is 1.30. The Labute approximate surface area is 66.6 Å². The lowest BCUT2D eigenvalue weighted by atomic mass is 10.1. The third kappa shape index (κ3) is 1.18. The summed E-state index contributed by atoms with van der Waals surface area (Å²) in [5.74, 6) is 2.20. The van der Waals surface area contributed by atoms with Gasteiger partial charge in [0.05, 0.1) is 6.04 Å². The van der Waals surface area contributed by atoms with E-state index < -0.39 is 0 Å². The molecule has 60 valence electrons. The molecule has 1 aliphatic rings. The Hall–Kier alpha value is -0.760. The van der Waals surface area contributed by atoms with E-state index in [1.54, 1.807) is 0 Å². The van der Waals surface area contributed by atoms with Crippen molar-refractivity contribution in [3.05, 3.63) is 23.7 Å². The first kappa shape index (κ1) is 6.92. The third-order valence-corrected chi connectivity index (χ3v) is 2.20. The third-order valence-electron chi connectivity index (χ3n) is 2.20. The van der Waals surface area contributed by atoms with E-state index in [4.69, 9.17) is 4.42 Å². The average Bonchev–Trinajstić information content (AvgIpc) is 2.32. The van der Waals surface area contributed by atoms with Gasteiger partial charge in [-0.1, -0.05) is 6.92 Å². The predicted octanol–water partition coefficient (Wildman–Crippen LogP) is 1.88. The molecular weight excluding hydrogens is 138 g/mol. The van der Waals surface area contributed by atoms with Crippen LogP contribution in [0.2, 0.25) is 0 Å². The molecule has 2 heterocycles. The maximum absolute atomic E-state index is 5.57. The molecule has 0 saturated carbocycles. The summed E-state index contributed by atoms with van der Waals surface area (Å²) in [4.78, 5) is 0. The summed E-state index contributed by atoms with van der Waals surface area (Å²) < 4.78 is 5.57. The first-order valence-corrected chi connectivity index (χ1v) is 4.22. The molecule has 0 amide bonds. The molecule has 0 bridgehead atoms. The highest BCUT2D eigenvalue weighted by Crippen LogP contribution is 2.24.